The van der Waals surface area contributed by atoms with Gasteiger partial charge in [-0.3, -0.25) is 4.79 Å². The van der Waals surface area contributed by atoms with Crippen LogP contribution in [0.15, 0.2) is 11.1 Å². The molecule has 0 saturated heterocycles. The van der Waals surface area contributed by atoms with E-state index in [9.17, 15) is 14.7 Å². The molecule has 0 radical (unpaired) electrons. The fourth-order valence-corrected chi connectivity index (χ4v) is 3.69. The molecular weight excluding hydrogens is 304 g/mol. The van der Waals surface area contributed by atoms with E-state index in [-0.39, 0.29) is 5.92 Å². The molecule has 0 heterocycles. The molecule has 1 unspecified atom stereocenters. The summed E-state index contributed by atoms with van der Waals surface area (Å²) < 4.78 is 5.48. The van der Waals surface area contributed by atoms with E-state index >= 15 is 0 Å². The molecule has 0 spiro atoms. The van der Waals surface area contributed by atoms with Crippen molar-refractivity contribution in [1.82, 2.24) is 0 Å². The zero-order valence-electron chi connectivity index (χ0n) is 15.8. The molecule has 1 fully saturated rings. The molecule has 1 aliphatic rings. The summed E-state index contributed by atoms with van der Waals surface area (Å²) in [5, 5.41) is 10.1. The summed E-state index contributed by atoms with van der Waals surface area (Å²) in [5.74, 6) is -1.43. The Kier molecular flexibility index (Phi) is 8.51. The maximum Gasteiger partial charge on any atom is 0.335 e. The monoisotopic (exact) mass is 338 g/mol. The van der Waals surface area contributed by atoms with Gasteiger partial charge in [-0.05, 0) is 44.4 Å². The Labute approximate surface area is 146 Å². The normalized spacial score (nSPS) is 17.0. The van der Waals surface area contributed by atoms with Gasteiger partial charge in [0.15, 0.2) is 0 Å². The van der Waals surface area contributed by atoms with Crippen LogP contribution in [0, 0.1) is 11.3 Å². The largest absolute Gasteiger partial charge is 0.481 e. The first-order valence-electron chi connectivity index (χ1n) is 9.54. The Morgan fingerprint density at radius 3 is 2.17 bits per heavy atom. The smallest absolute Gasteiger partial charge is 0.335 e. The number of carboxylic acids is 1. The van der Waals surface area contributed by atoms with E-state index < -0.39 is 17.4 Å². The lowest BCUT2D eigenvalue weighted by Crippen LogP contribution is -2.42. The third kappa shape index (κ3) is 4.61. The van der Waals surface area contributed by atoms with Gasteiger partial charge in [0.1, 0.15) is 5.41 Å². The van der Waals surface area contributed by atoms with Gasteiger partial charge in [0.2, 0.25) is 0 Å². The quantitative estimate of drug-likeness (QED) is 0.341. The van der Waals surface area contributed by atoms with Crippen LogP contribution in [0.25, 0.3) is 0 Å². The Hall–Kier alpha value is -1.32. The summed E-state index contributed by atoms with van der Waals surface area (Å²) in [4.78, 5) is 25.2. The molecule has 1 atom stereocenters. The Morgan fingerprint density at radius 1 is 1.12 bits per heavy atom. The predicted molar refractivity (Wildman–Crippen MR) is 95.8 cm³/mol. The highest BCUT2D eigenvalue weighted by molar-refractivity contribution is 5.98. The van der Waals surface area contributed by atoms with Gasteiger partial charge in [0, 0.05) is 0 Å². The Bertz CT molecular complexity index is 456. The van der Waals surface area contributed by atoms with E-state index in [1.54, 1.807) is 0 Å². The van der Waals surface area contributed by atoms with Gasteiger partial charge in [-0.25, -0.2) is 4.79 Å². The molecule has 1 saturated carbocycles. The van der Waals surface area contributed by atoms with Gasteiger partial charge >= 0.3 is 11.9 Å². The summed E-state index contributed by atoms with van der Waals surface area (Å²) in [7, 11) is 0. The first-order valence-corrected chi connectivity index (χ1v) is 9.54. The van der Waals surface area contributed by atoms with Gasteiger partial charge < -0.3 is 9.84 Å². The highest BCUT2D eigenvalue weighted by atomic mass is 16.5. The standard InChI is InChI=1S/C20H34O4/c1-5-7-13-20(15(3)4,19(22)23)17(16-11-9-10-12-16)18(21)24-14-8-6-2/h15H,5-14H2,1-4H3,(H,22,23). The lowest BCUT2D eigenvalue weighted by atomic mass is 9.66. The second kappa shape index (κ2) is 9.85. The number of hydrogen-bond donors (Lipinski definition) is 1. The van der Waals surface area contributed by atoms with Crippen molar-refractivity contribution in [2.45, 2.75) is 85.5 Å². The molecule has 0 aromatic heterocycles. The van der Waals surface area contributed by atoms with E-state index in [2.05, 4.69) is 6.92 Å². The topological polar surface area (TPSA) is 63.6 Å². The van der Waals surface area contributed by atoms with Crippen molar-refractivity contribution in [3.05, 3.63) is 11.1 Å². The van der Waals surface area contributed by atoms with Gasteiger partial charge in [0.05, 0.1) is 12.2 Å². The van der Waals surface area contributed by atoms with Crippen molar-refractivity contribution in [1.29, 1.82) is 0 Å². The van der Waals surface area contributed by atoms with Gasteiger partial charge in [-0.1, -0.05) is 52.5 Å². The van der Waals surface area contributed by atoms with Crippen LogP contribution in [-0.2, 0) is 14.3 Å². The van der Waals surface area contributed by atoms with E-state index in [4.69, 9.17) is 4.74 Å². The minimum atomic E-state index is -1.13. The zero-order valence-corrected chi connectivity index (χ0v) is 15.8. The van der Waals surface area contributed by atoms with Crippen molar-refractivity contribution in [3.8, 4) is 0 Å². The first kappa shape index (κ1) is 20.7. The molecule has 1 rings (SSSR count). The number of unbranched alkanes of at least 4 members (excludes halogenated alkanes) is 2. The minimum absolute atomic E-state index is 0.150. The number of carboxylic acid groups (broad SMARTS) is 1. The average molecular weight is 338 g/mol. The lowest BCUT2D eigenvalue weighted by Gasteiger charge is -2.36. The number of rotatable bonds is 10. The summed E-state index contributed by atoms with van der Waals surface area (Å²) in [6, 6.07) is 0. The molecule has 1 N–H and O–H groups in total. The highest BCUT2D eigenvalue weighted by Gasteiger charge is 2.49. The molecule has 0 amide bonds. The van der Waals surface area contributed by atoms with Crippen LogP contribution in [0.2, 0.25) is 0 Å². The number of esters is 1. The second-order valence-electron chi connectivity index (χ2n) is 7.21. The van der Waals surface area contributed by atoms with Crippen molar-refractivity contribution in [2.75, 3.05) is 6.61 Å². The molecule has 0 bridgehead atoms. The number of aliphatic carboxylic acids is 1. The number of carbonyl (C=O) groups is 2. The van der Waals surface area contributed by atoms with Gasteiger partial charge in [0.25, 0.3) is 0 Å². The highest BCUT2D eigenvalue weighted by Crippen LogP contribution is 2.46. The molecule has 4 nitrogen and oxygen atoms in total. The number of ether oxygens (including phenoxy) is 1. The number of allylic oxidation sites excluding steroid dienone is 1. The molecule has 0 aliphatic heterocycles. The summed E-state index contributed by atoms with van der Waals surface area (Å²) in [6.07, 6.45) is 7.68. The van der Waals surface area contributed by atoms with Crippen molar-refractivity contribution < 1.29 is 19.4 Å². The van der Waals surface area contributed by atoms with Crippen molar-refractivity contribution in [2.24, 2.45) is 11.3 Å². The third-order valence-corrected chi connectivity index (χ3v) is 5.23. The number of carbonyl (C=O) groups excluding carboxylic acids is 1. The fraction of sp³-hybridized carbons (Fsp3) is 0.800. The van der Waals surface area contributed by atoms with Crippen molar-refractivity contribution in [3.63, 3.8) is 0 Å². The van der Waals surface area contributed by atoms with Crippen LogP contribution in [0.5, 0.6) is 0 Å². The van der Waals surface area contributed by atoms with Crippen LogP contribution < -0.4 is 0 Å². The van der Waals surface area contributed by atoms with E-state index in [1.807, 2.05) is 20.8 Å². The van der Waals surface area contributed by atoms with E-state index in [1.165, 1.54) is 0 Å². The lowest BCUT2D eigenvalue weighted by molar-refractivity contribution is -0.155. The van der Waals surface area contributed by atoms with E-state index in [0.717, 1.165) is 56.9 Å². The zero-order chi connectivity index (χ0) is 18.2. The molecule has 138 valence electrons. The van der Waals surface area contributed by atoms with Gasteiger partial charge in [-0.2, -0.15) is 0 Å². The predicted octanol–water partition coefficient (Wildman–Crippen LogP) is 5.12. The van der Waals surface area contributed by atoms with Crippen molar-refractivity contribution >= 4 is 11.9 Å². The molecule has 0 aromatic rings. The van der Waals surface area contributed by atoms with Crippen LogP contribution in [0.3, 0.4) is 0 Å². The van der Waals surface area contributed by atoms with Crippen LogP contribution in [0.4, 0.5) is 0 Å². The van der Waals surface area contributed by atoms with Crippen LogP contribution >= 0.6 is 0 Å². The van der Waals surface area contributed by atoms with Crippen LogP contribution in [0.1, 0.15) is 85.5 Å². The van der Waals surface area contributed by atoms with E-state index in [0.29, 0.717) is 18.6 Å². The second-order valence-corrected chi connectivity index (χ2v) is 7.21. The molecular formula is C20H34O4. The summed E-state index contributed by atoms with van der Waals surface area (Å²) in [5.41, 5.74) is 0.356. The summed E-state index contributed by atoms with van der Waals surface area (Å²) in [6.45, 7) is 8.29. The summed E-state index contributed by atoms with van der Waals surface area (Å²) >= 11 is 0. The molecule has 24 heavy (non-hydrogen) atoms. The first-order chi connectivity index (χ1) is 11.4. The number of hydrogen-bond acceptors (Lipinski definition) is 3. The minimum Gasteiger partial charge on any atom is -0.481 e. The third-order valence-electron chi connectivity index (χ3n) is 5.23. The maximum absolute atomic E-state index is 12.9. The van der Waals surface area contributed by atoms with Gasteiger partial charge in [-0.15, -0.1) is 0 Å². The van der Waals surface area contributed by atoms with Crippen LogP contribution in [-0.4, -0.2) is 23.7 Å². The average Bonchev–Trinajstić information content (AvgIpc) is 3.04. The Morgan fingerprint density at radius 2 is 1.71 bits per heavy atom. The molecule has 4 heteroatoms. The maximum atomic E-state index is 12.9. The SMILES string of the molecule is CCCCOC(=O)C(=C1CCCC1)C(CCCC)(C(=O)O)C(C)C. The fourth-order valence-electron chi connectivity index (χ4n) is 3.69. The molecule has 1 aliphatic carbocycles. The molecule has 0 aromatic carbocycles. The Balaban J connectivity index is 3.32.